The molecule has 2 rings (SSSR count). The molecule has 1 saturated heterocycles. The molecule has 0 bridgehead atoms. The maximum absolute atomic E-state index is 14.3. The molecule has 4 heteroatoms. The Hall–Kier alpha value is -0.190. The van der Waals surface area contributed by atoms with Crippen molar-refractivity contribution in [3.8, 4) is 0 Å². The second-order valence-corrected chi connectivity index (χ2v) is 8.91. The van der Waals surface area contributed by atoms with Crippen LogP contribution in [0.4, 0.5) is 4.39 Å². The summed E-state index contributed by atoms with van der Waals surface area (Å²) in [5.74, 6) is 1.01. The summed E-state index contributed by atoms with van der Waals surface area (Å²) in [5.41, 5.74) is 1.97. The van der Waals surface area contributed by atoms with E-state index in [1.54, 1.807) is 6.07 Å². The Morgan fingerprint density at radius 2 is 2.10 bits per heavy atom. The second kappa shape index (κ2) is 7.89. The third-order valence-electron chi connectivity index (χ3n) is 4.05. The normalized spacial score (nSPS) is 27.6. The van der Waals surface area contributed by atoms with E-state index in [-0.39, 0.29) is 11.9 Å². The molecule has 0 amide bonds. The fourth-order valence-electron chi connectivity index (χ4n) is 2.63. The Bertz CT molecular complexity index is 466. The molecule has 21 heavy (non-hydrogen) atoms. The van der Waals surface area contributed by atoms with Gasteiger partial charge in [0.1, 0.15) is 5.82 Å². The number of nitrogens with one attached hydrogen (secondary N) is 1. The zero-order valence-corrected chi connectivity index (χ0v) is 15.0. The second-order valence-electron chi connectivity index (χ2n) is 5.87. The summed E-state index contributed by atoms with van der Waals surface area (Å²) in [6.45, 7) is 9.71. The van der Waals surface area contributed by atoms with Crippen LogP contribution in [0, 0.1) is 12.7 Å². The fraction of sp³-hybridized carbons (Fsp3) is 0.647. The Balaban J connectivity index is 2.23. The smallest absolute Gasteiger partial charge is 0.128 e. The molecule has 0 saturated carbocycles. The summed E-state index contributed by atoms with van der Waals surface area (Å²) in [6, 6.07) is 5.58. The third-order valence-corrected chi connectivity index (χ3v) is 7.54. The fourth-order valence-corrected chi connectivity index (χ4v) is 5.73. The van der Waals surface area contributed by atoms with E-state index in [0.29, 0.717) is 15.7 Å². The highest BCUT2D eigenvalue weighted by molar-refractivity contribution is 8.07. The van der Waals surface area contributed by atoms with Crippen LogP contribution in [0.3, 0.4) is 0 Å². The lowest BCUT2D eigenvalue weighted by molar-refractivity contribution is 0.496. The standard InChI is InChI=1S/C17H26FNS2/c1-5-8-19-17(14-9-11(2)6-7-15(14)18)16-10-20-12(3)13(4)21-16/h6-7,9,12-13,16-17,19H,5,8,10H2,1-4H3. The van der Waals surface area contributed by atoms with Crippen LogP contribution in [0.5, 0.6) is 0 Å². The molecular weight excluding hydrogens is 301 g/mol. The van der Waals surface area contributed by atoms with Crippen molar-refractivity contribution in [2.45, 2.75) is 55.9 Å². The van der Waals surface area contributed by atoms with Crippen molar-refractivity contribution in [2.24, 2.45) is 0 Å². The molecule has 4 unspecified atom stereocenters. The average molecular weight is 328 g/mol. The lowest BCUT2D eigenvalue weighted by atomic mass is 10.0. The number of halogens is 1. The van der Waals surface area contributed by atoms with Crippen LogP contribution in [0.25, 0.3) is 0 Å². The van der Waals surface area contributed by atoms with Crippen LogP contribution in [0.1, 0.15) is 44.4 Å². The first-order valence-corrected chi connectivity index (χ1v) is 9.78. The molecule has 1 aliphatic heterocycles. The topological polar surface area (TPSA) is 12.0 Å². The number of aryl methyl sites for hydroxylation is 1. The maximum Gasteiger partial charge on any atom is 0.128 e. The summed E-state index contributed by atoms with van der Waals surface area (Å²) in [7, 11) is 0. The van der Waals surface area contributed by atoms with Crippen LogP contribution >= 0.6 is 23.5 Å². The molecule has 4 atom stereocenters. The van der Waals surface area contributed by atoms with Crippen LogP contribution in [0.2, 0.25) is 0 Å². The average Bonchev–Trinajstić information content (AvgIpc) is 2.46. The monoisotopic (exact) mass is 327 g/mol. The van der Waals surface area contributed by atoms with Gasteiger partial charge in [0.25, 0.3) is 0 Å². The molecule has 1 heterocycles. The Morgan fingerprint density at radius 3 is 2.76 bits per heavy atom. The predicted molar refractivity (Wildman–Crippen MR) is 94.9 cm³/mol. The minimum atomic E-state index is -0.0777. The third kappa shape index (κ3) is 4.40. The van der Waals surface area contributed by atoms with Gasteiger partial charge in [0, 0.05) is 33.1 Å². The molecule has 1 aliphatic rings. The lowest BCUT2D eigenvalue weighted by Crippen LogP contribution is -2.38. The summed E-state index contributed by atoms with van der Waals surface area (Å²) < 4.78 is 14.3. The minimum absolute atomic E-state index is 0.0777. The van der Waals surface area contributed by atoms with E-state index in [1.165, 1.54) is 0 Å². The highest BCUT2D eigenvalue weighted by atomic mass is 32.2. The Morgan fingerprint density at radius 1 is 1.33 bits per heavy atom. The van der Waals surface area contributed by atoms with E-state index in [0.717, 1.165) is 29.8 Å². The highest BCUT2D eigenvalue weighted by Crippen LogP contribution is 2.41. The van der Waals surface area contributed by atoms with Crippen molar-refractivity contribution in [3.63, 3.8) is 0 Å². The molecule has 0 radical (unpaired) electrons. The van der Waals surface area contributed by atoms with Gasteiger partial charge in [-0.1, -0.05) is 38.5 Å². The van der Waals surface area contributed by atoms with Crippen molar-refractivity contribution in [1.29, 1.82) is 0 Å². The van der Waals surface area contributed by atoms with Crippen molar-refractivity contribution < 1.29 is 4.39 Å². The number of benzene rings is 1. The van der Waals surface area contributed by atoms with Gasteiger partial charge in [-0.25, -0.2) is 4.39 Å². The van der Waals surface area contributed by atoms with Gasteiger partial charge >= 0.3 is 0 Å². The first-order valence-electron chi connectivity index (χ1n) is 7.79. The Kier molecular flexibility index (Phi) is 6.45. The maximum atomic E-state index is 14.3. The van der Waals surface area contributed by atoms with E-state index in [9.17, 15) is 4.39 Å². The summed E-state index contributed by atoms with van der Waals surface area (Å²) in [4.78, 5) is 0. The first kappa shape index (κ1) is 17.2. The molecule has 1 fully saturated rings. The molecule has 1 aromatic rings. The first-order chi connectivity index (χ1) is 10.0. The Labute approximate surface area is 136 Å². The van der Waals surface area contributed by atoms with E-state index < -0.39 is 0 Å². The van der Waals surface area contributed by atoms with Gasteiger partial charge in [-0.2, -0.15) is 23.5 Å². The van der Waals surface area contributed by atoms with Gasteiger partial charge < -0.3 is 5.32 Å². The van der Waals surface area contributed by atoms with Crippen molar-refractivity contribution in [1.82, 2.24) is 5.32 Å². The molecule has 0 spiro atoms. The van der Waals surface area contributed by atoms with E-state index in [2.05, 4.69) is 26.1 Å². The van der Waals surface area contributed by atoms with E-state index in [1.807, 2.05) is 42.6 Å². The summed E-state index contributed by atoms with van der Waals surface area (Å²) in [5, 5.41) is 5.32. The van der Waals surface area contributed by atoms with Gasteiger partial charge in [-0.3, -0.25) is 0 Å². The number of rotatable bonds is 5. The molecule has 1 N–H and O–H groups in total. The molecule has 0 aliphatic carbocycles. The summed E-state index contributed by atoms with van der Waals surface area (Å²) >= 11 is 4.03. The molecule has 1 aromatic carbocycles. The van der Waals surface area contributed by atoms with Gasteiger partial charge in [-0.05, 0) is 26.0 Å². The van der Waals surface area contributed by atoms with Crippen molar-refractivity contribution in [2.75, 3.05) is 12.3 Å². The summed E-state index contributed by atoms with van der Waals surface area (Å²) in [6.07, 6.45) is 1.07. The van der Waals surface area contributed by atoms with Crippen LogP contribution < -0.4 is 5.32 Å². The number of hydrogen-bond acceptors (Lipinski definition) is 3. The number of thioether (sulfide) groups is 2. The van der Waals surface area contributed by atoms with Gasteiger partial charge in [0.2, 0.25) is 0 Å². The van der Waals surface area contributed by atoms with Gasteiger partial charge in [0.15, 0.2) is 0 Å². The van der Waals surface area contributed by atoms with Crippen LogP contribution in [-0.4, -0.2) is 28.0 Å². The zero-order chi connectivity index (χ0) is 15.4. The van der Waals surface area contributed by atoms with Crippen molar-refractivity contribution >= 4 is 23.5 Å². The van der Waals surface area contributed by atoms with Gasteiger partial charge in [-0.15, -0.1) is 0 Å². The number of hydrogen-bond donors (Lipinski definition) is 1. The highest BCUT2D eigenvalue weighted by Gasteiger charge is 2.33. The van der Waals surface area contributed by atoms with Crippen molar-refractivity contribution in [3.05, 3.63) is 35.1 Å². The molecule has 118 valence electrons. The van der Waals surface area contributed by atoms with Gasteiger partial charge in [0.05, 0.1) is 0 Å². The van der Waals surface area contributed by atoms with Crippen LogP contribution in [-0.2, 0) is 0 Å². The molecule has 0 aromatic heterocycles. The molecular formula is C17H26FNS2. The predicted octanol–water partition coefficient (Wildman–Crippen LogP) is 4.80. The quantitative estimate of drug-likeness (QED) is 0.834. The van der Waals surface area contributed by atoms with Crippen LogP contribution in [0.15, 0.2) is 18.2 Å². The minimum Gasteiger partial charge on any atom is -0.309 e. The largest absolute Gasteiger partial charge is 0.309 e. The molecule has 1 nitrogen and oxygen atoms in total. The van der Waals surface area contributed by atoms with E-state index in [4.69, 9.17) is 0 Å². The zero-order valence-electron chi connectivity index (χ0n) is 13.4. The SMILES string of the molecule is CCCNC(c1cc(C)ccc1F)C1CSC(C)C(C)S1. The lowest BCUT2D eigenvalue weighted by Gasteiger charge is -2.36. The van der Waals surface area contributed by atoms with E-state index >= 15 is 0 Å².